The van der Waals surface area contributed by atoms with Crippen molar-refractivity contribution in [1.29, 1.82) is 0 Å². The minimum atomic E-state index is -3.64. The van der Waals surface area contributed by atoms with E-state index in [4.69, 9.17) is 0 Å². The molecule has 1 saturated heterocycles. The van der Waals surface area contributed by atoms with Gasteiger partial charge in [0, 0.05) is 0 Å². The molecule has 5 nitrogen and oxygen atoms in total. The molecule has 0 aliphatic carbocycles. The third-order valence-electron chi connectivity index (χ3n) is 1.91. The lowest BCUT2D eigenvalue weighted by atomic mass is 9.99. The summed E-state index contributed by atoms with van der Waals surface area (Å²) in [5, 5.41) is 3.08. The van der Waals surface area contributed by atoms with Crippen LogP contribution in [0.5, 0.6) is 0 Å². The van der Waals surface area contributed by atoms with Crippen molar-refractivity contribution in [3.8, 4) is 0 Å². The number of nitrogens with one attached hydrogen (secondary N) is 1. The average molecular weight is 244 g/mol. The van der Waals surface area contributed by atoms with Gasteiger partial charge in [-0.25, -0.2) is 0 Å². The molecule has 84 valence electrons. The first-order valence-electron chi connectivity index (χ1n) is 4.13. The predicted octanol–water partition coefficient (Wildman–Crippen LogP) is -0.0894. The lowest BCUT2D eigenvalue weighted by molar-refractivity contribution is -0.139. The van der Waals surface area contributed by atoms with Crippen molar-refractivity contribution < 1.29 is 17.4 Å². The van der Waals surface area contributed by atoms with Gasteiger partial charge in [-0.15, -0.1) is 12.4 Å². The molecular weight excluding hydrogens is 230 g/mol. The summed E-state index contributed by atoms with van der Waals surface area (Å²) in [7, 11) is -3.64. The predicted molar refractivity (Wildman–Crippen MR) is 53.8 cm³/mol. The molecule has 0 spiro atoms. The summed E-state index contributed by atoms with van der Waals surface area (Å²) in [5.41, 5.74) is 0. The van der Waals surface area contributed by atoms with Crippen LogP contribution in [-0.2, 0) is 19.1 Å². The third-order valence-corrected chi connectivity index (χ3v) is 2.37. The average Bonchev–Trinajstić information content (AvgIpc) is 2.03. The van der Waals surface area contributed by atoms with E-state index in [1.807, 2.05) is 0 Å². The first kappa shape index (κ1) is 13.7. The molecule has 1 heterocycles. The number of halogens is 1. The fourth-order valence-electron chi connectivity index (χ4n) is 1.27. The molecule has 1 fully saturated rings. The zero-order chi connectivity index (χ0) is 9.90. The Morgan fingerprint density at radius 1 is 1.36 bits per heavy atom. The molecule has 0 aromatic rings. The highest BCUT2D eigenvalue weighted by Crippen LogP contribution is 2.14. The Bertz CT molecular complexity index is 284. The minimum absolute atomic E-state index is 0. The van der Waals surface area contributed by atoms with Crippen molar-refractivity contribution in [3.05, 3.63) is 0 Å². The number of hydrogen-bond donors (Lipinski definition) is 1. The second kappa shape index (κ2) is 5.53. The molecule has 0 aromatic heterocycles. The summed E-state index contributed by atoms with van der Waals surface area (Å²) in [5.74, 6) is -0.889. The Balaban J connectivity index is 0.00000169. The summed E-state index contributed by atoms with van der Waals surface area (Å²) < 4.78 is 25.5. The largest absolute Gasteiger partial charge is 0.346 e. The van der Waals surface area contributed by atoms with E-state index in [0.717, 1.165) is 19.3 Å². The maximum absolute atomic E-state index is 11.2. The molecule has 0 amide bonds. The van der Waals surface area contributed by atoms with Crippen molar-refractivity contribution >= 4 is 28.5 Å². The van der Waals surface area contributed by atoms with E-state index in [1.165, 1.54) is 0 Å². The second-order valence-electron chi connectivity index (χ2n) is 3.13. The SMILES string of the molecule is CS(=O)(=O)OC(=O)C1CCNCC1.Cl. The molecule has 1 aliphatic rings. The molecule has 1 aliphatic heterocycles. The zero-order valence-corrected chi connectivity index (χ0v) is 9.49. The monoisotopic (exact) mass is 243 g/mol. The van der Waals surface area contributed by atoms with Crippen LogP contribution in [0.1, 0.15) is 12.8 Å². The van der Waals surface area contributed by atoms with Crippen LogP contribution in [0.15, 0.2) is 0 Å². The molecule has 1 rings (SSSR count). The van der Waals surface area contributed by atoms with Crippen LogP contribution in [0.25, 0.3) is 0 Å². The van der Waals surface area contributed by atoms with Crippen LogP contribution in [0.4, 0.5) is 0 Å². The van der Waals surface area contributed by atoms with Crippen LogP contribution >= 0.6 is 12.4 Å². The van der Waals surface area contributed by atoms with Gasteiger partial charge in [0.1, 0.15) is 0 Å². The molecule has 1 N–H and O–H groups in total. The normalized spacial score (nSPS) is 18.4. The summed E-state index contributed by atoms with van der Waals surface area (Å²) in [6.07, 6.45) is 2.18. The van der Waals surface area contributed by atoms with Crippen molar-refractivity contribution in [2.75, 3.05) is 19.3 Å². The number of rotatable bonds is 2. The second-order valence-corrected chi connectivity index (χ2v) is 4.71. The van der Waals surface area contributed by atoms with Gasteiger partial charge >= 0.3 is 16.1 Å². The first-order chi connectivity index (χ1) is 5.99. The van der Waals surface area contributed by atoms with E-state index < -0.39 is 16.1 Å². The van der Waals surface area contributed by atoms with Gasteiger partial charge < -0.3 is 9.50 Å². The Morgan fingerprint density at radius 2 is 1.86 bits per heavy atom. The number of hydrogen-bond acceptors (Lipinski definition) is 5. The van der Waals surface area contributed by atoms with Gasteiger partial charge in [-0.05, 0) is 25.9 Å². The fraction of sp³-hybridized carbons (Fsp3) is 0.857. The van der Waals surface area contributed by atoms with Gasteiger partial charge in [0.15, 0.2) is 0 Å². The van der Waals surface area contributed by atoms with Crippen LogP contribution in [0.3, 0.4) is 0 Å². The van der Waals surface area contributed by atoms with Crippen molar-refractivity contribution in [2.45, 2.75) is 12.8 Å². The summed E-state index contributed by atoms with van der Waals surface area (Å²) in [4.78, 5) is 11.2. The van der Waals surface area contributed by atoms with Gasteiger partial charge in [-0.2, -0.15) is 8.42 Å². The summed E-state index contributed by atoms with van der Waals surface area (Å²) in [6.45, 7) is 1.48. The Hall–Kier alpha value is -0.330. The zero-order valence-electron chi connectivity index (χ0n) is 7.86. The number of piperidine rings is 1. The van der Waals surface area contributed by atoms with E-state index in [0.29, 0.717) is 12.8 Å². The molecule has 0 atom stereocenters. The Labute approximate surface area is 89.7 Å². The highest BCUT2D eigenvalue weighted by molar-refractivity contribution is 7.86. The number of carbonyl (C=O) groups is 1. The molecule has 0 aromatic carbocycles. The van der Waals surface area contributed by atoms with Crippen molar-refractivity contribution in [3.63, 3.8) is 0 Å². The van der Waals surface area contributed by atoms with E-state index in [-0.39, 0.29) is 18.3 Å². The molecule has 0 saturated carbocycles. The lowest BCUT2D eigenvalue weighted by Gasteiger charge is -2.19. The van der Waals surface area contributed by atoms with Gasteiger partial charge in [0.2, 0.25) is 0 Å². The van der Waals surface area contributed by atoms with E-state index in [1.54, 1.807) is 0 Å². The van der Waals surface area contributed by atoms with Crippen molar-refractivity contribution in [2.24, 2.45) is 5.92 Å². The molecular formula is C7H14ClNO4S. The van der Waals surface area contributed by atoms with Crippen LogP contribution in [0.2, 0.25) is 0 Å². The maximum atomic E-state index is 11.2. The van der Waals surface area contributed by atoms with Crippen LogP contribution in [-0.4, -0.2) is 33.7 Å². The lowest BCUT2D eigenvalue weighted by Crippen LogP contribution is -2.33. The minimum Gasteiger partial charge on any atom is -0.346 e. The highest BCUT2D eigenvalue weighted by Gasteiger charge is 2.24. The quantitative estimate of drug-likeness (QED) is 0.687. The first-order valence-corrected chi connectivity index (χ1v) is 5.95. The molecule has 0 bridgehead atoms. The standard InChI is InChI=1S/C7H13NO4S.ClH/c1-13(10,11)12-7(9)6-2-4-8-5-3-6;/h6,8H,2-5H2,1H3;1H. The van der Waals surface area contributed by atoms with E-state index >= 15 is 0 Å². The summed E-state index contributed by atoms with van der Waals surface area (Å²) >= 11 is 0. The van der Waals surface area contributed by atoms with Crippen LogP contribution < -0.4 is 5.32 Å². The van der Waals surface area contributed by atoms with E-state index in [2.05, 4.69) is 9.50 Å². The topological polar surface area (TPSA) is 72.5 Å². The summed E-state index contributed by atoms with van der Waals surface area (Å²) in [6, 6.07) is 0. The number of carbonyl (C=O) groups excluding carboxylic acids is 1. The smallest absolute Gasteiger partial charge is 0.325 e. The fourth-order valence-corrected chi connectivity index (χ4v) is 1.71. The third kappa shape index (κ3) is 4.78. The van der Waals surface area contributed by atoms with Gasteiger partial charge in [-0.1, -0.05) is 0 Å². The molecule has 7 heteroatoms. The van der Waals surface area contributed by atoms with Crippen LogP contribution in [0, 0.1) is 5.92 Å². The molecule has 0 radical (unpaired) electrons. The van der Waals surface area contributed by atoms with Gasteiger partial charge in [0.05, 0.1) is 12.2 Å². The maximum Gasteiger partial charge on any atom is 0.325 e. The Kier molecular flexibility index (Phi) is 5.40. The molecule has 14 heavy (non-hydrogen) atoms. The molecule has 0 unspecified atom stereocenters. The van der Waals surface area contributed by atoms with Gasteiger partial charge in [0.25, 0.3) is 0 Å². The van der Waals surface area contributed by atoms with Gasteiger partial charge in [-0.3, -0.25) is 4.79 Å². The van der Waals surface area contributed by atoms with Crippen molar-refractivity contribution in [1.82, 2.24) is 5.32 Å². The highest BCUT2D eigenvalue weighted by atomic mass is 35.5. The van der Waals surface area contributed by atoms with E-state index in [9.17, 15) is 13.2 Å². The Morgan fingerprint density at radius 3 is 2.29 bits per heavy atom.